The van der Waals surface area contributed by atoms with Gasteiger partial charge in [0.25, 0.3) is 17.4 Å². The van der Waals surface area contributed by atoms with E-state index >= 15 is 0 Å². The molecule has 0 aliphatic carbocycles. The lowest BCUT2D eigenvalue weighted by Gasteiger charge is -2.21. The highest BCUT2D eigenvalue weighted by atomic mass is 16.6. The van der Waals surface area contributed by atoms with E-state index in [9.17, 15) is 34.5 Å². The number of hydrogen-bond acceptors (Lipinski definition) is 8. The number of amides is 2. The van der Waals surface area contributed by atoms with Crippen molar-refractivity contribution in [3.05, 3.63) is 68.0 Å². The number of aryl methyl sites for hydroxylation is 1. The first-order valence-corrected chi connectivity index (χ1v) is 9.79. The standard InChI is InChI=1S/C20H21N3O8/c1-2-4-10-5-3-6-11-14(10)18(29)23(17(11)28)22-13(25)7-8-21(20(22)30)19-16(27)15(26)12(9-24)31-19/h3,5-8,12,15-16,19,24,26-27H,2,4,9H2,1H3/t12-,15-,16-,19-/m1/s1. The summed E-state index contributed by atoms with van der Waals surface area (Å²) in [7, 11) is 0. The molecule has 1 aromatic heterocycles. The Morgan fingerprint density at radius 3 is 2.42 bits per heavy atom. The lowest BCUT2D eigenvalue weighted by molar-refractivity contribution is -0.0555. The van der Waals surface area contributed by atoms with Gasteiger partial charge in [0.1, 0.15) is 18.3 Å². The number of carbonyl (C=O) groups excluding carboxylic acids is 2. The largest absolute Gasteiger partial charge is 0.394 e. The van der Waals surface area contributed by atoms with Gasteiger partial charge in [0, 0.05) is 12.3 Å². The van der Waals surface area contributed by atoms with Gasteiger partial charge in [-0.05, 0) is 18.1 Å². The van der Waals surface area contributed by atoms with Crippen LogP contribution in [0.25, 0.3) is 0 Å². The van der Waals surface area contributed by atoms with E-state index in [0.29, 0.717) is 21.7 Å². The Morgan fingerprint density at radius 2 is 1.77 bits per heavy atom. The predicted octanol–water partition coefficient (Wildman–Crippen LogP) is -1.49. The van der Waals surface area contributed by atoms with Gasteiger partial charge in [0.15, 0.2) is 6.23 Å². The van der Waals surface area contributed by atoms with Crippen molar-refractivity contribution in [1.82, 2.24) is 9.24 Å². The zero-order chi connectivity index (χ0) is 22.4. The normalized spacial score (nSPS) is 25.4. The molecular formula is C20H21N3O8. The zero-order valence-corrected chi connectivity index (χ0v) is 16.5. The molecule has 2 aliphatic rings. The number of carbonyl (C=O) groups is 2. The minimum Gasteiger partial charge on any atom is -0.394 e. The van der Waals surface area contributed by atoms with Crippen LogP contribution in [0, 0.1) is 0 Å². The Kier molecular flexibility index (Phi) is 5.35. The first-order valence-electron chi connectivity index (χ1n) is 9.79. The number of imide groups is 1. The van der Waals surface area contributed by atoms with E-state index in [2.05, 4.69) is 0 Å². The van der Waals surface area contributed by atoms with Gasteiger partial charge >= 0.3 is 5.69 Å². The molecule has 4 rings (SSSR count). The maximum absolute atomic E-state index is 13.1. The maximum Gasteiger partial charge on any atom is 0.353 e. The number of ether oxygens (including phenoxy) is 1. The number of rotatable bonds is 5. The fourth-order valence-corrected chi connectivity index (χ4v) is 3.97. The molecule has 1 aromatic carbocycles. The number of benzene rings is 1. The second-order valence-corrected chi connectivity index (χ2v) is 7.40. The number of aliphatic hydroxyl groups excluding tert-OH is 3. The first kappa shape index (κ1) is 21.1. The third kappa shape index (κ3) is 3.13. The van der Waals surface area contributed by atoms with Crippen LogP contribution in [-0.4, -0.2) is 61.3 Å². The number of aromatic nitrogens is 2. The number of fused-ring (bicyclic) bond motifs is 1. The fraction of sp³-hybridized carbons (Fsp3) is 0.400. The molecule has 1 fully saturated rings. The molecule has 3 heterocycles. The van der Waals surface area contributed by atoms with Crippen LogP contribution >= 0.6 is 0 Å². The van der Waals surface area contributed by atoms with Gasteiger partial charge in [-0.3, -0.25) is 19.0 Å². The Labute approximate surface area is 175 Å². The van der Waals surface area contributed by atoms with Gasteiger partial charge in [0.2, 0.25) is 0 Å². The molecule has 0 saturated carbocycles. The molecule has 11 heteroatoms. The van der Waals surface area contributed by atoms with Crippen LogP contribution in [0.5, 0.6) is 0 Å². The summed E-state index contributed by atoms with van der Waals surface area (Å²) in [6.45, 7) is 1.31. The summed E-state index contributed by atoms with van der Waals surface area (Å²) < 4.78 is 6.51. The number of hydrogen-bond donors (Lipinski definition) is 3. The molecule has 0 unspecified atom stereocenters. The van der Waals surface area contributed by atoms with E-state index in [1.165, 1.54) is 6.07 Å². The van der Waals surface area contributed by atoms with Crippen molar-refractivity contribution in [3.63, 3.8) is 0 Å². The Balaban J connectivity index is 1.82. The van der Waals surface area contributed by atoms with Crippen LogP contribution in [0.4, 0.5) is 0 Å². The van der Waals surface area contributed by atoms with Crippen LogP contribution in [0.1, 0.15) is 45.9 Å². The number of nitrogens with zero attached hydrogens (tertiary/aromatic N) is 3. The Morgan fingerprint density at radius 1 is 1.03 bits per heavy atom. The van der Waals surface area contributed by atoms with Gasteiger partial charge in [0.05, 0.1) is 17.7 Å². The van der Waals surface area contributed by atoms with Crippen molar-refractivity contribution >= 4 is 11.8 Å². The Bertz CT molecular complexity index is 1170. The van der Waals surface area contributed by atoms with Gasteiger partial charge < -0.3 is 20.1 Å². The quantitative estimate of drug-likeness (QED) is 0.484. The van der Waals surface area contributed by atoms with Crippen LogP contribution in [0.15, 0.2) is 40.1 Å². The van der Waals surface area contributed by atoms with Crippen LogP contribution in [-0.2, 0) is 11.2 Å². The molecule has 3 N–H and O–H groups in total. The summed E-state index contributed by atoms with van der Waals surface area (Å²) in [4.78, 5) is 51.7. The summed E-state index contributed by atoms with van der Waals surface area (Å²) in [5.41, 5.74) is -1.18. The molecule has 0 radical (unpaired) electrons. The second-order valence-electron chi connectivity index (χ2n) is 7.40. The monoisotopic (exact) mass is 431 g/mol. The zero-order valence-electron chi connectivity index (χ0n) is 16.5. The van der Waals surface area contributed by atoms with Gasteiger partial charge in [-0.1, -0.05) is 25.5 Å². The van der Waals surface area contributed by atoms with Crippen molar-refractivity contribution in [2.24, 2.45) is 0 Å². The van der Waals surface area contributed by atoms with E-state index in [-0.39, 0.29) is 11.1 Å². The average Bonchev–Trinajstić information content (AvgIpc) is 3.17. The van der Waals surface area contributed by atoms with Crippen LogP contribution in [0.2, 0.25) is 0 Å². The summed E-state index contributed by atoms with van der Waals surface area (Å²) in [5.74, 6) is -1.63. The van der Waals surface area contributed by atoms with Crippen molar-refractivity contribution in [2.75, 3.05) is 11.6 Å². The first-order chi connectivity index (χ1) is 14.8. The SMILES string of the molecule is CCCc1cccc2c1C(=O)N(n1c(=O)ccn([C@@H]3O[C@H](CO)[C@@H](O)[C@H]3O)c1=O)C2=O. The molecule has 2 amide bonds. The third-order valence-corrected chi connectivity index (χ3v) is 5.48. The van der Waals surface area contributed by atoms with Crippen molar-refractivity contribution in [1.29, 1.82) is 0 Å². The number of aliphatic hydroxyl groups is 3. The van der Waals surface area contributed by atoms with Gasteiger partial charge in [-0.2, -0.15) is 9.69 Å². The topological polar surface area (TPSA) is 151 Å². The summed E-state index contributed by atoms with van der Waals surface area (Å²) in [6, 6.07) is 5.73. The van der Waals surface area contributed by atoms with Crippen molar-refractivity contribution < 1.29 is 29.6 Å². The minimum atomic E-state index is -1.58. The van der Waals surface area contributed by atoms with Crippen molar-refractivity contribution in [3.8, 4) is 0 Å². The molecular weight excluding hydrogens is 410 g/mol. The summed E-state index contributed by atoms with van der Waals surface area (Å²) in [5, 5.41) is 29.9. The summed E-state index contributed by atoms with van der Waals surface area (Å²) in [6.07, 6.45) is -3.35. The minimum absolute atomic E-state index is 0.0885. The molecule has 2 aliphatic heterocycles. The molecule has 31 heavy (non-hydrogen) atoms. The average molecular weight is 431 g/mol. The fourth-order valence-electron chi connectivity index (χ4n) is 3.97. The molecule has 1 saturated heterocycles. The smallest absolute Gasteiger partial charge is 0.353 e. The van der Waals surface area contributed by atoms with Gasteiger partial charge in [-0.25, -0.2) is 4.79 Å². The highest BCUT2D eigenvalue weighted by Crippen LogP contribution is 2.28. The van der Waals surface area contributed by atoms with Crippen molar-refractivity contribution in [2.45, 2.75) is 44.3 Å². The van der Waals surface area contributed by atoms with E-state index in [1.807, 2.05) is 6.92 Å². The predicted molar refractivity (Wildman–Crippen MR) is 105 cm³/mol. The van der Waals surface area contributed by atoms with E-state index in [0.717, 1.165) is 23.3 Å². The summed E-state index contributed by atoms with van der Waals surface area (Å²) >= 11 is 0. The molecule has 11 nitrogen and oxygen atoms in total. The second kappa shape index (κ2) is 7.85. The maximum atomic E-state index is 13.1. The molecule has 2 aromatic rings. The van der Waals surface area contributed by atoms with Gasteiger partial charge in [-0.15, -0.1) is 0 Å². The van der Waals surface area contributed by atoms with Crippen LogP contribution in [0.3, 0.4) is 0 Å². The van der Waals surface area contributed by atoms with Crippen LogP contribution < -0.4 is 16.3 Å². The third-order valence-electron chi connectivity index (χ3n) is 5.48. The lowest BCUT2D eigenvalue weighted by Crippen LogP contribution is -2.55. The molecule has 0 spiro atoms. The molecule has 4 atom stereocenters. The molecule has 164 valence electrons. The Hall–Kier alpha value is -3.12. The lowest BCUT2D eigenvalue weighted by atomic mass is 9.99. The van der Waals surface area contributed by atoms with E-state index < -0.39 is 54.2 Å². The highest BCUT2D eigenvalue weighted by Gasteiger charge is 2.45. The highest BCUT2D eigenvalue weighted by molar-refractivity contribution is 6.31. The van der Waals surface area contributed by atoms with E-state index in [4.69, 9.17) is 4.74 Å². The molecule has 0 bridgehead atoms. The van der Waals surface area contributed by atoms with E-state index in [1.54, 1.807) is 12.1 Å².